The lowest BCUT2D eigenvalue weighted by atomic mass is 10.4. The number of hydrogen-bond acceptors (Lipinski definition) is 1. The molecule has 0 bridgehead atoms. The van der Waals surface area contributed by atoms with E-state index in [0.717, 1.165) is 8.95 Å². The second-order valence-electron chi connectivity index (χ2n) is 1.41. The molecule has 0 aromatic heterocycles. The first kappa shape index (κ1) is 10.1. The highest BCUT2D eigenvalue weighted by Crippen LogP contribution is 2.20. The summed E-state index contributed by atoms with van der Waals surface area (Å²) in [7, 11) is 1.50. The zero-order chi connectivity index (χ0) is 7.98. The first-order valence-electron chi connectivity index (χ1n) is 2.78. The minimum absolute atomic E-state index is 1.10. The molecule has 0 aliphatic heterocycles. The summed E-state index contributed by atoms with van der Waals surface area (Å²) in [6.07, 6.45) is 0. The van der Waals surface area contributed by atoms with Crippen molar-refractivity contribution in [3.05, 3.63) is 33.2 Å². The normalized spacial score (nSPS) is 8.00. The number of benzene rings is 1. The van der Waals surface area contributed by atoms with Crippen LogP contribution in [0.15, 0.2) is 33.2 Å². The third kappa shape index (κ3) is 3.34. The van der Waals surface area contributed by atoms with Crippen LogP contribution in [-0.4, -0.2) is 7.05 Å². The van der Waals surface area contributed by atoms with Crippen molar-refractivity contribution < 1.29 is 0 Å². The van der Waals surface area contributed by atoms with Gasteiger partial charge >= 0.3 is 0 Å². The van der Waals surface area contributed by atoms with Gasteiger partial charge in [-0.1, -0.05) is 12.1 Å². The minimum atomic E-state index is 1.10. The average Bonchev–Trinajstić information content (AvgIpc) is 2.00. The molecule has 0 fully saturated rings. The van der Waals surface area contributed by atoms with Crippen LogP contribution in [0.1, 0.15) is 0 Å². The van der Waals surface area contributed by atoms with Gasteiger partial charge in [0, 0.05) is 8.95 Å². The summed E-state index contributed by atoms with van der Waals surface area (Å²) in [5, 5.41) is 0. The van der Waals surface area contributed by atoms with Gasteiger partial charge in [-0.2, -0.15) is 0 Å². The Morgan fingerprint density at radius 3 is 1.50 bits per heavy atom. The van der Waals surface area contributed by atoms with Crippen LogP contribution in [0.25, 0.3) is 0 Å². The third-order valence-corrected chi connectivity index (χ3v) is 2.74. The van der Waals surface area contributed by atoms with Gasteiger partial charge in [-0.15, -0.1) is 0 Å². The van der Waals surface area contributed by atoms with Crippen LogP contribution in [-0.2, 0) is 0 Å². The van der Waals surface area contributed by atoms with Crippen LogP contribution in [0.3, 0.4) is 0 Å². The zero-order valence-electron chi connectivity index (χ0n) is 5.64. The molecular weight excluding hydrogens is 258 g/mol. The van der Waals surface area contributed by atoms with Gasteiger partial charge in [0.2, 0.25) is 0 Å². The summed E-state index contributed by atoms with van der Waals surface area (Å²) in [6.45, 7) is 0. The van der Waals surface area contributed by atoms with E-state index in [2.05, 4.69) is 37.6 Å². The van der Waals surface area contributed by atoms with E-state index < -0.39 is 0 Å². The van der Waals surface area contributed by atoms with Crippen molar-refractivity contribution in [3.8, 4) is 0 Å². The number of nitrogens with two attached hydrogens (primary N) is 1. The van der Waals surface area contributed by atoms with Gasteiger partial charge in [-0.25, -0.2) is 0 Å². The van der Waals surface area contributed by atoms with Crippen molar-refractivity contribution in [2.75, 3.05) is 7.05 Å². The molecule has 0 heterocycles. The van der Waals surface area contributed by atoms with Gasteiger partial charge in [-0.3, -0.25) is 0 Å². The summed E-state index contributed by atoms with van der Waals surface area (Å²) in [6, 6.07) is 7.94. The zero-order valence-corrected chi connectivity index (χ0v) is 8.81. The highest BCUT2D eigenvalue weighted by atomic mass is 79.9. The maximum atomic E-state index is 4.50. The first-order valence-corrected chi connectivity index (χ1v) is 4.37. The lowest BCUT2D eigenvalue weighted by Gasteiger charge is -1.89. The van der Waals surface area contributed by atoms with Gasteiger partial charge < -0.3 is 5.73 Å². The van der Waals surface area contributed by atoms with Crippen molar-refractivity contribution in [1.29, 1.82) is 0 Å². The molecule has 1 rings (SSSR count). The lowest BCUT2D eigenvalue weighted by molar-refractivity contribution is 1.48. The van der Waals surface area contributed by atoms with Crippen LogP contribution in [0, 0.1) is 0 Å². The Labute approximate surface area is 77.9 Å². The topological polar surface area (TPSA) is 26.0 Å². The molecule has 10 heavy (non-hydrogen) atoms. The molecule has 1 aromatic rings. The van der Waals surface area contributed by atoms with Crippen LogP contribution in [0.4, 0.5) is 0 Å². The Balaban J connectivity index is 0.000000371. The second-order valence-corrected chi connectivity index (χ2v) is 3.12. The first-order chi connectivity index (χ1) is 4.80. The fourth-order valence-electron chi connectivity index (χ4n) is 0.439. The molecule has 0 atom stereocenters. The minimum Gasteiger partial charge on any atom is -0.333 e. The average molecular weight is 267 g/mol. The number of rotatable bonds is 0. The third-order valence-electron chi connectivity index (χ3n) is 0.824. The van der Waals surface area contributed by atoms with Crippen molar-refractivity contribution in [2.24, 2.45) is 5.73 Å². The van der Waals surface area contributed by atoms with Crippen LogP contribution < -0.4 is 5.73 Å². The van der Waals surface area contributed by atoms with Crippen LogP contribution >= 0.6 is 31.9 Å². The van der Waals surface area contributed by atoms with Gasteiger partial charge in [0.15, 0.2) is 0 Å². The summed E-state index contributed by atoms with van der Waals surface area (Å²) in [4.78, 5) is 0. The maximum Gasteiger partial charge on any atom is 0.0317 e. The van der Waals surface area contributed by atoms with Crippen molar-refractivity contribution >= 4 is 31.9 Å². The molecule has 0 spiro atoms. The largest absolute Gasteiger partial charge is 0.333 e. The van der Waals surface area contributed by atoms with E-state index in [1.54, 1.807) is 0 Å². The van der Waals surface area contributed by atoms with E-state index in [9.17, 15) is 0 Å². The fraction of sp³-hybridized carbons (Fsp3) is 0.143. The van der Waals surface area contributed by atoms with Crippen LogP contribution in [0.5, 0.6) is 0 Å². The quantitative estimate of drug-likeness (QED) is 0.768. The summed E-state index contributed by atoms with van der Waals surface area (Å²) < 4.78 is 2.19. The standard InChI is InChI=1S/C6H4Br2.CH5N/c7-5-3-1-2-4-6(5)8;1-2/h1-4H;2H2,1H3. The van der Waals surface area contributed by atoms with E-state index in [0.29, 0.717) is 0 Å². The fourth-order valence-corrected chi connectivity index (χ4v) is 1.01. The lowest BCUT2D eigenvalue weighted by Crippen LogP contribution is -1.69. The molecule has 0 amide bonds. The van der Waals surface area contributed by atoms with Crippen LogP contribution in [0.2, 0.25) is 0 Å². The smallest absolute Gasteiger partial charge is 0.0317 e. The Kier molecular flexibility index (Phi) is 5.97. The molecule has 1 nitrogen and oxygen atoms in total. The van der Waals surface area contributed by atoms with Gasteiger partial charge in [0.1, 0.15) is 0 Å². The van der Waals surface area contributed by atoms with Gasteiger partial charge in [0.25, 0.3) is 0 Å². The van der Waals surface area contributed by atoms with E-state index in [-0.39, 0.29) is 0 Å². The molecule has 0 aliphatic rings. The van der Waals surface area contributed by atoms with E-state index in [1.165, 1.54) is 7.05 Å². The predicted molar refractivity (Wildman–Crippen MR) is 52.0 cm³/mol. The van der Waals surface area contributed by atoms with Gasteiger partial charge in [0.05, 0.1) is 0 Å². The molecule has 0 radical (unpaired) electrons. The molecule has 1 aromatic carbocycles. The predicted octanol–water partition coefficient (Wildman–Crippen LogP) is 2.79. The molecule has 0 aliphatic carbocycles. The monoisotopic (exact) mass is 265 g/mol. The summed E-state index contributed by atoms with van der Waals surface area (Å²) >= 11 is 6.70. The number of halogens is 2. The highest BCUT2D eigenvalue weighted by Gasteiger charge is 1.88. The molecule has 0 saturated carbocycles. The second kappa shape index (κ2) is 5.89. The Hall–Kier alpha value is 0.140. The van der Waals surface area contributed by atoms with Crippen molar-refractivity contribution in [3.63, 3.8) is 0 Å². The maximum absolute atomic E-state index is 4.50. The molecule has 0 unspecified atom stereocenters. The summed E-state index contributed by atoms with van der Waals surface area (Å²) in [5.41, 5.74) is 4.50. The number of hydrogen-bond donors (Lipinski definition) is 1. The Bertz CT molecular complexity index is 168. The highest BCUT2D eigenvalue weighted by molar-refractivity contribution is 9.13. The van der Waals surface area contributed by atoms with Gasteiger partial charge in [-0.05, 0) is 51.0 Å². The molecule has 3 heteroatoms. The van der Waals surface area contributed by atoms with E-state index >= 15 is 0 Å². The molecule has 56 valence electrons. The van der Waals surface area contributed by atoms with E-state index in [4.69, 9.17) is 0 Å². The molecule has 0 saturated heterocycles. The Morgan fingerprint density at radius 1 is 1.00 bits per heavy atom. The molecular formula is C7H9Br2N. The Morgan fingerprint density at radius 2 is 1.30 bits per heavy atom. The summed E-state index contributed by atoms with van der Waals surface area (Å²) in [5.74, 6) is 0. The van der Waals surface area contributed by atoms with Crippen molar-refractivity contribution in [1.82, 2.24) is 0 Å². The van der Waals surface area contributed by atoms with E-state index in [1.807, 2.05) is 24.3 Å². The SMILES string of the molecule is Brc1ccccc1Br.CN. The molecule has 2 N–H and O–H groups in total. The van der Waals surface area contributed by atoms with Crippen molar-refractivity contribution in [2.45, 2.75) is 0 Å².